The Morgan fingerprint density at radius 1 is 1.52 bits per heavy atom. The first-order chi connectivity index (χ1) is 14.2. The molecule has 12 nitrogen and oxygen atoms in total. The van der Waals surface area contributed by atoms with Crippen LogP contribution in [0.5, 0.6) is 0 Å². The molecule has 0 spiro atoms. The highest BCUT2D eigenvalue weighted by molar-refractivity contribution is 7.89. The van der Waals surface area contributed by atoms with Gasteiger partial charge in [0, 0.05) is 24.3 Å². The molecule has 0 aliphatic carbocycles. The highest BCUT2D eigenvalue weighted by Gasteiger charge is 2.42. The number of urea groups is 1. The van der Waals surface area contributed by atoms with Crippen LogP contribution in [0.3, 0.4) is 0 Å². The smallest absolute Gasteiger partial charge is 0.346 e. The topological polar surface area (TPSA) is 122 Å². The van der Waals surface area contributed by atoms with Crippen LogP contribution in [0.15, 0.2) is 29.9 Å². The fourth-order valence-electron chi connectivity index (χ4n) is 3.07. The maximum absolute atomic E-state index is 12.4. The molecule has 151 valence electrons. The van der Waals surface area contributed by atoms with Gasteiger partial charge in [0.1, 0.15) is 12.2 Å². The minimum absolute atomic E-state index is 0.327. The summed E-state index contributed by atoms with van der Waals surface area (Å²) in [5.74, 6) is 0. The summed E-state index contributed by atoms with van der Waals surface area (Å²) in [7, 11) is 1.41. The molecule has 15 heteroatoms. The van der Waals surface area contributed by atoms with Crippen molar-refractivity contribution in [2.75, 3.05) is 17.9 Å². The van der Waals surface area contributed by atoms with E-state index in [1.54, 1.807) is 26.8 Å². The lowest BCUT2D eigenvalue weighted by atomic mass is 9.95. The summed E-state index contributed by atoms with van der Waals surface area (Å²) in [5.41, 5.74) is 1.53. The summed E-state index contributed by atoms with van der Waals surface area (Å²) in [4.78, 5) is 30.8. The molecule has 4 heterocycles. The highest BCUT2D eigenvalue weighted by atomic mass is 32.2. The van der Waals surface area contributed by atoms with Crippen LogP contribution in [-0.4, -0.2) is 68.7 Å². The zero-order valence-corrected chi connectivity index (χ0v) is 16.4. The first-order valence-electron chi connectivity index (χ1n) is 8.29. The molecule has 1 unspecified atom stereocenters. The predicted molar refractivity (Wildman–Crippen MR) is 103 cm³/mol. The molecule has 4 rings (SSSR count). The van der Waals surface area contributed by atoms with Crippen molar-refractivity contribution >= 4 is 54.1 Å². The summed E-state index contributed by atoms with van der Waals surface area (Å²) >= 11 is 1.75. The van der Waals surface area contributed by atoms with E-state index < -0.39 is 0 Å². The Morgan fingerprint density at radius 3 is 3.17 bits per heavy atom. The van der Waals surface area contributed by atoms with Crippen LogP contribution in [-0.2, 0) is 25.0 Å². The van der Waals surface area contributed by atoms with E-state index in [9.17, 15) is 9.59 Å². The van der Waals surface area contributed by atoms with Crippen LogP contribution in [0.4, 0.5) is 9.93 Å². The van der Waals surface area contributed by atoms with E-state index in [4.69, 9.17) is 9.54 Å². The molecule has 1 radical (unpaired) electrons. The Kier molecular flexibility index (Phi) is 6.12. The summed E-state index contributed by atoms with van der Waals surface area (Å²) in [6, 6.07) is 1.16. The van der Waals surface area contributed by atoms with Gasteiger partial charge in [-0.3, -0.25) is 0 Å². The second-order valence-electron chi connectivity index (χ2n) is 5.98. The molecule has 29 heavy (non-hydrogen) atoms. The molecule has 2 aromatic heterocycles. The molecular weight excluding hydrogens is 423 g/mol. The van der Waals surface area contributed by atoms with Crippen molar-refractivity contribution in [1.82, 2.24) is 24.7 Å². The van der Waals surface area contributed by atoms with Crippen LogP contribution in [0, 0.1) is 0 Å². The lowest BCUT2D eigenvalue weighted by Gasteiger charge is -2.21. The molecule has 1 saturated heterocycles. The third-order valence-corrected chi connectivity index (χ3v) is 5.40. The maximum Gasteiger partial charge on any atom is 0.346 e. The van der Waals surface area contributed by atoms with Gasteiger partial charge in [-0.05, 0) is 12.1 Å². The molecule has 0 saturated carbocycles. The van der Waals surface area contributed by atoms with Gasteiger partial charge in [-0.25, -0.2) is 19.7 Å². The van der Waals surface area contributed by atoms with Crippen LogP contribution in [0.1, 0.15) is 5.69 Å². The molecular formula is C14H14BN6O6S2. The molecule has 2 bridgehead atoms. The number of thiazole rings is 1. The Morgan fingerprint density at radius 2 is 2.41 bits per heavy atom. The predicted octanol–water partition coefficient (Wildman–Crippen LogP) is 1.03. The molecule has 2 aliphatic heterocycles. The highest BCUT2D eigenvalue weighted by Crippen LogP contribution is 2.29. The van der Waals surface area contributed by atoms with E-state index in [2.05, 4.69) is 19.5 Å². The molecule has 1 N–H and O–H groups in total. The average Bonchev–Trinajstić information content (AvgIpc) is 3.45. The Balaban J connectivity index is 1.46. The number of rotatable bonds is 10. The lowest BCUT2D eigenvalue weighted by molar-refractivity contribution is -0.435. The van der Waals surface area contributed by atoms with Gasteiger partial charge in [0.05, 0.1) is 24.5 Å². The zero-order valence-electron chi connectivity index (χ0n) is 14.7. The first-order valence-corrected chi connectivity index (χ1v) is 9.84. The molecule has 1 atom stereocenters. The lowest BCUT2D eigenvalue weighted by Crippen LogP contribution is -2.32. The summed E-state index contributed by atoms with van der Waals surface area (Å²) in [5, 5.41) is 19.8. The number of carbonyl (C=O) groups is 2. The Hall–Kier alpha value is -2.43. The zero-order chi connectivity index (χ0) is 20.2. The van der Waals surface area contributed by atoms with Gasteiger partial charge in [-0.15, -0.1) is 15.7 Å². The molecule has 1 fully saturated rings. The Bertz CT molecular complexity index is 895. The van der Waals surface area contributed by atoms with Crippen molar-refractivity contribution in [3.05, 3.63) is 35.6 Å². The number of aromatic nitrogens is 3. The second kappa shape index (κ2) is 8.94. The van der Waals surface area contributed by atoms with Gasteiger partial charge < -0.3 is 14.5 Å². The molecule has 2 aromatic rings. The van der Waals surface area contributed by atoms with Crippen LogP contribution >= 0.6 is 23.7 Å². The summed E-state index contributed by atoms with van der Waals surface area (Å²) in [6.07, 6.45) is 6.04. The normalized spacial score (nSPS) is 18.2. The van der Waals surface area contributed by atoms with Crippen molar-refractivity contribution in [2.24, 2.45) is 0 Å². The first kappa shape index (κ1) is 19.9. The number of amides is 2. The fraction of sp³-hybridized carbons (Fsp3) is 0.286. The minimum atomic E-state index is -0.344. The van der Waals surface area contributed by atoms with Gasteiger partial charge in [0.15, 0.2) is 5.13 Å². The van der Waals surface area contributed by atoms with Crippen LogP contribution < -0.4 is 4.81 Å². The average molecular weight is 437 g/mol. The van der Waals surface area contributed by atoms with Crippen molar-refractivity contribution in [2.45, 2.75) is 12.6 Å². The standard InChI is InChI=1S/C14H14BN6O6S2/c22-9-15-19(13-16-2-4-28-13)6-10-1-3-20(17-10)11-5-12-8-18(7-11)14(23)21(12)25-29-27-26-24/h1-5,9,12,24H,6-8H2. The molecule has 0 aromatic carbocycles. The number of hydrogen-bond donors (Lipinski definition) is 1. The SMILES string of the molecule is O=C[B]N(Cc1ccn(C2=CC3CN(C2)C(=O)N3OSOOO)n1)c1nccs1. The number of carbonyl (C=O) groups excluding carboxylic acids is 2. The van der Waals surface area contributed by atoms with Crippen LogP contribution in [0.25, 0.3) is 5.70 Å². The monoisotopic (exact) mass is 437 g/mol. The van der Waals surface area contributed by atoms with Gasteiger partial charge in [-0.2, -0.15) is 14.4 Å². The van der Waals surface area contributed by atoms with Crippen molar-refractivity contribution in [3.8, 4) is 0 Å². The summed E-state index contributed by atoms with van der Waals surface area (Å²) < 4.78 is 11.0. The van der Waals surface area contributed by atoms with E-state index in [0.717, 1.165) is 16.5 Å². The largest absolute Gasteiger partial charge is 0.383 e. The second-order valence-corrected chi connectivity index (χ2v) is 7.27. The fourth-order valence-corrected chi connectivity index (χ4v) is 3.99. The van der Waals surface area contributed by atoms with Crippen molar-refractivity contribution in [1.29, 1.82) is 0 Å². The number of hydrogen-bond acceptors (Lipinski definition) is 11. The maximum atomic E-state index is 12.4. The number of nitrogens with zero attached hydrogens (tertiary/aromatic N) is 6. The number of hydroxylamine groups is 2. The molecule has 2 amide bonds. The third-order valence-electron chi connectivity index (χ3n) is 4.25. The van der Waals surface area contributed by atoms with Gasteiger partial charge >= 0.3 is 13.4 Å². The molecule has 2 aliphatic rings. The van der Waals surface area contributed by atoms with E-state index in [-0.39, 0.29) is 12.1 Å². The minimum Gasteiger partial charge on any atom is -0.383 e. The van der Waals surface area contributed by atoms with E-state index in [1.807, 2.05) is 17.5 Å². The van der Waals surface area contributed by atoms with Gasteiger partial charge in [0.25, 0.3) is 0 Å². The quantitative estimate of drug-likeness (QED) is 0.144. The van der Waals surface area contributed by atoms with Gasteiger partial charge in [0.2, 0.25) is 12.3 Å². The van der Waals surface area contributed by atoms with E-state index >= 15 is 0 Å². The Labute approximate surface area is 173 Å². The van der Waals surface area contributed by atoms with Crippen molar-refractivity contribution in [3.63, 3.8) is 0 Å². The third kappa shape index (κ3) is 4.29. The number of fused-ring (bicyclic) bond motifs is 2. The number of anilines is 1. The van der Waals surface area contributed by atoms with E-state index in [0.29, 0.717) is 43.3 Å². The summed E-state index contributed by atoms with van der Waals surface area (Å²) in [6.45, 7) is 1.20. The van der Waals surface area contributed by atoms with Gasteiger partial charge in [-0.1, -0.05) is 5.04 Å². The van der Waals surface area contributed by atoms with Crippen molar-refractivity contribution < 1.29 is 28.5 Å². The van der Waals surface area contributed by atoms with Crippen LogP contribution in [0.2, 0.25) is 0 Å². The van der Waals surface area contributed by atoms with E-state index in [1.165, 1.54) is 18.8 Å².